The Morgan fingerprint density at radius 3 is 2.19 bits per heavy atom. The summed E-state index contributed by atoms with van der Waals surface area (Å²) in [5.41, 5.74) is 2.93. The Kier molecular flexibility index (Phi) is 8.63. The standard InChI is InChI=1S/C32H34N4O7/c1-17-29(39)35-26(31(41)34-22-14-20-5-3-4-6-21(20)15-22)13-19-7-9-23(10-8-19)43-24-11-12-27(38)25(16-24)30(40)36-28(18(2)37)32(42)33-17/h3-12,16-18,22,26,28,37-38H,13-15H2,1-2H3,(H,33,42)(H,34,41)(H,35,39)(H,36,40)/t17-,18+,26-,28-/m0/s1. The summed E-state index contributed by atoms with van der Waals surface area (Å²) in [4.78, 5) is 52.8. The van der Waals surface area contributed by atoms with Gasteiger partial charge in [-0.2, -0.15) is 0 Å². The molecule has 11 heteroatoms. The average Bonchev–Trinajstić information content (AvgIpc) is 3.38. The van der Waals surface area contributed by atoms with E-state index < -0.39 is 42.0 Å². The number of aromatic hydroxyl groups is 1. The Morgan fingerprint density at radius 2 is 1.53 bits per heavy atom. The molecule has 3 aromatic rings. The predicted molar refractivity (Wildman–Crippen MR) is 157 cm³/mol. The summed E-state index contributed by atoms with van der Waals surface area (Å²) < 4.78 is 5.87. The van der Waals surface area contributed by atoms with Crippen LogP contribution in [0.25, 0.3) is 0 Å². The van der Waals surface area contributed by atoms with E-state index in [2.05, 4.69) is 21.3 Å². The zero-order valence-electron chi connectivity index (χ0n) is 23.8. The molecular weight excluding hydrogens is 552 g/mol. The maximum Gasteiger partial charge on any atom is 0.255 e. The van der Waals surface area contributed by atoms with Crippen molar-refractivity contribution in [2.45, 2.75) is 63.4 Å². The molecule has 4 amide bonds. The highest BCUT2D eigenvalue weighted by Gasteiger charge is 2.32. The van der Waals surface area contributed by atoms with Crippen LogP contribution in [0.2, 0.25) is 0 Å². The van der Waals surface area contributed by atoms with Gasteiger partial charge in [0.25, 0.3) is 5.91 Å². The lowest BCUT2D eigenvalue weighted by atomic mass is 10.0. The van der Waals surface area contributed by atoms with Gasteiger partial charge < -0.3 is 36.2 Å². The van der Waals surface area contributed by atoms with Crippen LogP contribution in [0.1, 0.15) is 40.9 Å². The van der Waals surface area contributed by atoms with Gasteiger partial charge in [-0.05, 0) is 73.7 Å². The quantitative estimate of drug-likeness (QED) is 0.253. The van der Waals surface area contributed by atoms with E-state index in [-0.39, 0.29) is 35.4 Å². The first-order valence-corrected chi connectivity index (χ1v) is 14.1. The predicted octanol–water partition coefficient (Wildman–Crippen LogP) is 1.49. The summed E-state index contributed by atoms with van der Waals surface area (Å²) in [6.07, 6.45) is 0.214. The van der Waals surface area contributed by atoms with Gasteiger partial charge in [-0.1, -0.05) is 36.4 Å². The normalized spacial score (nSPS) is 21.7. The van der Waals surface area contributed by atoms with Gasteiger partial charge in [-0.15, -0.1) is 0 Å². The molecule has 3 aliphatic rings. The highest BCUT2D eigenvalue weighted by atomic mass is 16.5. The first-order valence-electron chi connectivity index (χ1n) is 14.1. The van der Waals surface area contributed by atoms with Crippen molar-refractivity contribution in [2.24, 2.45) is 0 Å². The summed E-state index contributed by atoms with van der Waals surface area (Å²) in [6.45, 7) is 2.75. The molecule has 0 saturated carbocycles. The number of aliphatic hydroxyl groups is 1. The van der Waals surface area contributed by atoms with Crippen molar-refractivity contribution < 1.29 is 34.1 Å². The van der Waals surface area contributed by atoms with Crippen molar-refractivity contribution in [2.75, 3.05) is 0 Å². The van der Waals surface area contributed by atoms with Crippen LogP contribution in [-0.4, -0.2) is 64.1 Å². The van der Waals surface area contributed by atoms with E-state index in [1.807, 2.05) is 24.3 Å². The molecule has 0 radical (unpaired) electrons. The Morgan fingerprint density at radius 1 is 0.884 bits per heavy atom. The summed E-state index contributed by atoms with van der Waals surface area (Å²) in [5, 5.41) is 31.3. The van der Waals surface area contributed by atoms with Crippen LogP contribution >= 0.6 is 0 Å². The number of nitrogens with one attached hydrogen (secondary N) is 4. The highest BCUT2D eigenvalue weighted by Crippen LogP contribution is 2.28. The third-order valence-corrected chi connectivity index (χ3v) is 7.65. The Bertz CT molecular complexity index is 1510. The first kappa shape index (κ1) is 29.6. The van der Waals surface area contributed by atoms with E-state index in [4.69, 9.17) is 4.74 Å². The zero-order chi connectivity index (χ0) is 30.7. The van der Waals surface area contributed by atoms with Gasteiger partial charge in [0.1, 0.15) is 35.4 Å². The lowest BCUT2D eigenvalue weighted by molar-refractivity contribution is -0.133. The third kappa shape index (κ3) is 6.95. The van der Waals surface area contributed by atoms with Crippen molar-refractivity contribution in [1.82, 2.24) is 21.3 Å². The van der Waals surface area contributed by atoms with Gasteiger partial charge in [0.15, 0.2) is 0 Å². The molecule has 4 bridgehead atoms. The van der Waals surface area contributed by atoms with Crippen molar-refractivity contribution in [3.8, 4) is 17.2 Å². The highest BCUT2D eigenvalue weighted by molar-refractivity contribution is 6.01. The average molecular weight is 587 g/mol. The number of ether oxygens (including phenoxy) is 1. The fourth-order valence-electron chi connectivity index (χ4n) is 5.29. The van der Waals surface area contributed by atoms with Crippen LogP contribution in [0.15, 0.2) is 66.7 Å². The first-order chi connectivity index (χ1) is 20.6. The zero-order valence-corrected chi connectivity index (χ0v) is 23.8. The molecule has 11 nitrogen and oxygen atoms in total. The van der Waals surface area contributed by atoms with E-state index in [1.54, 1.807) is 24.3 Å². The number of phenols is 1. The molecule has 0 unspecified atom stereocenters. The van der Waals surface area contributed by atoms with Gasteiger partial charge in [-0.25, -0.2) is 0 Å². The van der Waals surface area contributed by atoms with E-state index in [0.29, 0.717) is 18.6 Å². The molecule has 0 fully saturated rings. The molecule has 3 aromatic carbocycles. The topological polar surface area (TPSA) is 166 Å². The van der Waals surface area contributed by atoms with Gasteiger partial charge in [0, 0.05) is 12.5 Å². The van der Waals surface area contributed by atoms with Crippen LogP contribution in [-0.2, 0) is 33.6 Å². The van der Waals surface area contributed by atoms with E-state index in [9.17, 15) is 29.4 Å². The van der Waals surface area contributed by atoms with E-state index >= 15 is 0 Å². The van der Waals surface area contributed by atoms with Crippen LogP contribution < -0.4 is 26.0 Å². The lowest BCUT2D eigenvalue weighted by Crippen LogP contribution is -2.58. The van der Waals surface area contributed by atoms with Crippen molar-refractivity contribution in [3.63, 3.8) is 0 Å². The minimum atomic E-state index is -1.44. The monoisotopic (exact) mass is 586 g/mol. The number of fused-ring (bicyclic) bond motifs is 12. The van der Waals surface area contributed by atoms with Gasteiger partial charge in [-0.3, -0.25) is 19.2 Å². The number of aliphatic hydroxyl groups excluding tert-OH is 1. The molecule has 43 heavy (non-hydrogen) atoms. The molecule has 0 aromatic heterocycles. The second kappa shape index (κ2) is 12.5. The summed E-state index contributed by atoms with van der Waals surface area (Å²) >= 11 is 0. The number of hydrogen-bond acceptors (Lipinski definition) is 7. The second-order valence-electron chi connectivity index (χ2n) is 11.0. The molecule has 2 aliphatic heterocycles. The minimum Gasteiger partial charge on any atom is -0.507 e. The number of rotatable bonds is 3. The van der Waals surface area contributed by atoms with Crippen molar-refractivity contribution in [1.29, 1.82) is 0 Å². The maximum atomic E-state index is 13.5. The molecule has 6 N–H and O–H groups in total. The van der Waals surface area contributed by atoms with Crippen molar-refractivity contribution >= 4 is 23.6 Å². The molecule has 224 valence electrons. The fraction of sp³-hybridized carbons (Fsp3) is 0.312. The van der Waals surface area contributed by atoms with Gasteiger partial charge in [0.05, 0.1) is 11.7 Å². The molecular formula is C32H34N4O7. The molecule has 2 heterocycles. The Labute approximate surface area is 248 Å². The second-order valence-corrected chi connectivity index (χ2v) is 11.0. The summed E-state index contributed by atoms with van der Waals surface area (Å²) in [6, 6.07) is 15.4. The molecule has 0 saturated heterocycles. The summed E-state index contributed by atoms with van der Waals surface area (Å²) in [5.74, 6) is -2.29. The van der Waals surface area contributed by atoms with Crippen LogP contribution in [0, 0.1) is 0 Å². The Hall–Kier alpha value is -4.90. The lowest BCUT2D eigenvalue weighted by Gasteiger charge is -2.25. The molecule has 0 spiro atoms. The largest absolute Gasteiger partial charge is 0.507 e. The summed E-state index contributed by atoms with van der Waals surface area (Å²) in [7, 11) is 0. The van der Waals surface area contributed by atoms with Crippen molar-refractivity contribution in [3.05, 3.63) is 89.0 Å². The fourth-order valence-corrected chi connectivity index (χ4v) is 5.29. The number of amides is 4. The number of benzene rings is 3. The van der Waals surface area contributed by atoms with Gasteiger partial charge in [0.2, 0.25) is 17.7 Å². The molecule has 6 rings (SSSR count). The minimum absolute atomic E-state index is 0.117. The number of phenolic OH excluding ortho intramolecular Hbond substituents is 1. The Balaban J connectivity index is 1.42. The van der Waals surface area contributed by atoms with Gasteiger partial charge >= 0.3 is 0 Å². The SMILES string of the molecule is C[C@@H]1NC(=O)[C@H]([C@@H](C)O)NC(=O)c2cc(ccc2O)Oc2ccc(cc2)C[C@@H](C(=O)NC2Cc3ccccc3C2)NC1=O. The van der Waals surface area contributed by atoms with E-state index in [0.717, 1.165) is 5.56 Å². The van der Waals surface area contributed by atoms with Crippen LogP contribution in [0.5, 0.6) is 17.2 Å². The van der Waals surface area contributed by atoms with E-state index in [1.165, 1.54) is 43.2 Å². The third-order valence-electron chi connectivity index (χ3n) is 7.65. The number of carbonyl (C=O) groups excluding carboxylic acids is 4. The number of hydrogen-bond donors (Lipinski definition) is 6. The number of carbonyl (C=O) groups is 4. The maximum absolute atomic E-state index is 13.5. The molecule has 4 atom stereocenters. The molecule has 1 aliphatic carbocycles. The smallest absolute Gasteiger partial charge is 0.255 e. The van der Waals surface area contributed by atoms with Crippen LogP contribution in [0.4, 0.5) is 0 Å². The van der Waals surface area contributed by atoms with Crippen LogP contribution in [0.3, 0.4) is 0 Å².